The van der Waals surface area contributed by atoms with Crippen molar-refractivity contribution in [1.82, 2.24) is 15.4 Å². The third-order valence-corrected chi connectivity index (χ3v) is 4.64. The first-order chi connectivity index (χ1) is 11.1. The van der Waals surface area contributed by atoms with Crippen molar-refractivity contribution in [2.45, 2.75) is 38.3 Å². The molecule has 0 radical (unpaired) electrons. The first-order valence-corrected chi connectivity index (χ1v) is 7.75. The first-order valence-electron chi connectivity index (χ1n) is 7.75. The van der Waals surface area contributed by atoms with Gasteiger partial charge < -0.3 is 9.84 Å². The van der Waals surface area contributed by atoms with Crippen molar-refractivity contribution >= 4 is 11.9 Å². The third-order valence-electron chi connectivity index (χ3n) is 4.64. The fourth-order valence-corrected chi connectivity index (χ4v) is 3.60. The SMILES string of the molecule is Cc1cc(CN2C(=O)NC3(CCCc4ccccc43)C2=O)on1. The number of nitrogens with one attached hydrogen (secondary N) is 1. The number of imide groups is 1. The van der Waals surface area contributed by atoms with E-state index in [9.17, 15) is 9.59 Å². The Kier molecular flexibility index (Phi) is 3.01. The third kappa shape index (κ3) is 2.05. The van der Waals surface area contributed by atoms with Crippen molar-refractivity contribution in [3.8, 4) is 0 Å². The zero-order valence-corrected chi connectivity index (χ0v) is 12.8. The van der Waals surface area contributed by atoms with Crippen molar-refractivity contribution in [3.05, 3.63) is 52.9 Å². The smallest absolute Gasteiger partial charge is 0.325 e. The van der Waals surface area contributed by atoms with Crippen LogP contribution in [0.5, 0.6) is 0 Å². The number of carbonyl (C=O) groups excluding carboxylic acids is 2. The Bertz CT molecular complexity index is 798. The van der Waals surface area contributed by atoms with Gasteiger partial charge in [-0.2, -0.15) is 0 Å². The van der Waals surface area contributed by atoms with Crippen LogP contribution in [-0.2, 0) is 23.3 Å². The van der Waals surface area contributed by atoms with Gasteiger partial charge in [-0.1, -0.05) is 29.4 Å². The van der Waals surface area contributed by atoms with Gasteiger partial charge in [0.05, 0.1) is 12.2 Å². The van der Waals surface area contributed by atoms with Crippen LogP contribution in [0.3, 0.4) is 0 Å². The number of hydrogen-bond donors (Lipinski definition) is 1. The molecule has 0 saturated carbocycles. The Morgan fingerprint density at radius 1 is 1.35 bits per heavy atom. The Morgan fingerprint density at radius 2 is 2.17 bits per heavy atom. The molecule has 0 bridgehead atoms. The van der Waals surface area contributed by atoms with Gasteiger partial charge in [0.2, 0.25) is 0 Å². The van der Waals surface area contributed by atoms with E-state index in [0.717, 1.165) is 29.7 Å². The molecular formula is C17H17N3O3. The second-order valence-electron chi connectivity index (χ2n) is 6.17. The summed E-state index contributed by atoms with van der Waals surface area (Å²) >= 11 is 0. The maximum atomic E-state index is 13.0. The van der Waals surface area contributed by atoms with Crippen molar-refractivity contribution < 1.29 is 14.1 Å². The van der Waals surface area contributed by atoms with Gasteiger partial charge in [-0.05, 0) is 37.3 Å². The zero-order valence-electron chi connectivity index (χ0n) is 12.8. The topological polar surface area (TPSA) is 75.4 Å². The van der Waals surface area contributed by atoms with E-state index in [1.165, 1.54) is 4.90 Å². The molecule has 6 heteroatoms. The number of carbonyl (C=O) groups is 2. The molecule has 1 N–H and O–H groups in total. The maximum Gasteiger partial charge on any atom is 0.325 e. The predicted octanol–water partition coefficient (Wildman–Crippen LogP) is 2.27. The number of benzene rings is 1. The molecule has 2 heterocycles. The van der Waals surface area contributed by atoms with Crippen LogP contribution in [0.2, 0.25) is 0 Å². The number of fused-ring (bicyclic) bond motifs is 2. The summed E-state index contributed by atoms with van der Waals surface area (Å²) in [5.41, 5.74) is 1.84. The van der Waals surface area contributed by atoms with E-state index in [1.807, 2.05) is 24.3 Å². The van der Waals surface area contributed by atoms with E-state index in [-0.39, 0.29) is 18.5 Å². The normalized spacial score (nSPS) is 23.3. The predicted molar refractivity (Wildman–Crippen MR) is 81.4 cm³/mol. The van der Waals surface area contributed by atoms with Gasteiger partial charge in [0.25, 0.3) is 5.91 Å². The van der Waals surface area contributed by atoms with E-state index in [0.29, 0.717) is 12.2 Å². The number of aromatic nitrogens is 1. The highest BCUT2D eigenvalue weighted by atomic mass is 16.5. The molecule has 1 aliphatic carbocycles. The van der Waals surface area contributed by atoms with Crippen LogP contribution in [0.1, 0.15) is 35.4 Å². The molecule has 1 aromatic heterocycles. The summed E-state index contributed by atoms with van der Waals surface area (Å²) in [6.07, 6.45) is 2.43. The second kappa shape index (κ2) is 4.94. The van der Waals surface area contributed by atoms with Gasteiger partial charge in [0.1, 0.15) is 5.54 Å². The van der Waals surface area contributed by atoms with Gasteiger partial charge in [-0.15, -0.1) is 0 Å². The van der Waals surface area contributed by atoms with Crippen LogP contribution in [0.25, 0.3) is 0 Å². The highest BCUT2D eigenvalue weighted by Crippen LogP contribution is 2.40. The molecule has 2 aromatic rings. The molecule has 1 spiro atoms. The lowest BCUT2D eigenvalue weighted by atomic mass is 9.76. The molecule has 23 heavy (non-hydrogen) atoms. The average molecular weight is 311 g/mol. The van der Waals surface area contributed by atoms with E-state index >= 15 is 0 Å². The number of rotatable bonds is 2. The van der Waals surface area contributed by atoms with Gasteiger partial charge >= 0.3 is 6.03 Å². The molecule has 2 aliphatic rings. The number of aryl methyl sites for hydroxylation is 2. The average Bonchev–Trinajstić information content (AvgIpc) is 3.06. The highest BCUT2D eigenvalue weighted by molar-refractivity contribution is 6.07. The summed E-state index contributed by atoms with van der Waals surface area (Å²) in [6, 6.07) is 9.20. The minimum absolute atomic E-state index is 0.107. The van der Waals surface area contributed by atoms with Crippen LogP contribution >= 0.6 is 0 Å². The van der Waals surface area contributed by atoms with Gasteiger partial charge in [-0.25, -0.2) is 4.79 Å². The van der Waals surface area contributed by atoms with E-state index < -0.39 is 5.54 Å². The molecule has 118 valence electrons. The molecule has 3 amide bonds. The lowest BCUT2D eigenvalue weighted by molar-refractivity contribution is -0.132. The summed E-state index contributed by atoms with van der Waals surface area (Å²) in [4.78, 5) is 26.7. The van der Waals surface area contributed by atoms with Crippen LogP contribution in [0.4, 0.5) is 4.79 Å². The molecule has 6 nitrogen and oxygen atoms in total. The lowest BCUT2D eigenvalue weighted by Crippen LogP contribution is -2.46. The number of hydrogen-bond acceptors (Lipinski definition) is 4. The summed E-state index contributed by atoms with van der Waals surface area (Å²) in [5, 5.41) is 6.73. The fraction of sp³-hybridized carbons (Fsp3) is 0.353. The number of nitrogens with zero attached hydrogens (tertiary/aromatic N) is 2. The Hall–Kier alpha value is -2.63. The molecule has 1 atom stereocenters. The molecule has 1 aromatic carbocycles. The minimum atomic E-state index is -0.930. The van der Waals surface area contributed by atoms with E-state index in [4.69, 9.17) is 4.52 Å². The van der Waals surface area contributed by atoms with Crippen LogP contribution in [0, 0.1) is 6.92 Å². The Labute approximate surface area is 133 Å². The molecule has 1 aliphatic heterocycles. The number of amides is 3. The molecule has 1 saturated heterocycles. The monoisotopic (exact) mass is 311 g/mol. The van der Waals surface area contributed by atoms with Crippen LogP contribution in [0.15, 0.2) is 34.9 Å². The Morgan fingerprint density at radius 3 is 2.96 bits per heavy atom. The van der Waals surface area contributed by atoms with Crippen LogP contribution < -0.4 is 5.32 Å². The van der Waals surface area contributed by atoms with Crippen molar-refractivity contribution in [3.63, 3.8) is 0 Å². The second-order valence-corrected chi connectivity index (χ2v) is 6.17. The van der Waals surface area contributed by atoms with Crippen molar-refractivity contribution in [2.24, 2.45) is 0 Å². The summed E-state index contributed by atoms with van der Waals surface area (Å²) < 4.78 is 5.14. The standard InChI is InChI=1S/C17H17N3O3/c1-11-9-13(23-19-11)10-20-15(21)17(18-16(20)22)8-4-6-12-5-2-3-7-14(12)17/h2-3,5,7,9H,4,6,8,10H2,1H3,(H,18,22). The largest absolute Gasteiger partial charge is 0.359 e. The lowest BCUT2D eigenvalue weighted by Gasteiger charge is -2.33. The minimum Gasteiger partial charge on any atom is -0.359 e. The van der Waals surface area contributed by atoms with Gasteiger partial charge in [0.15, 0.2) is 5.76 Å². The first kappa shape index (κ1) is 14.0. The Balaban J connectivity index is 1.70. The quantitative estimate of drug-likeness (QED) is 0.863. The number of urea groups is 1. The van der Waals surface area contributed by atoms with Crippen LogP contribution in [-0.4, -0.2) is 22.0 Å². The summed E-state index contributed by atoms with van der Waals surface area (Å²) in [7, 11) is 0. The van der Waals surface area contributed by atoms with Gasteiger partial charge in [-0.3, -0.25) is 9.69 Å². The van der Waals surface area contributed by atoms with E-state index in [2.05, 4.69) is 10.5 Å². The zero-order chi connectivity index (χ0) is 16.0. The molecular weight excluding hydrogens is 294 g/mol. The molecule has 4 rings (SSSR count). The van der Waals surface area contributed by atoms with Crippen molar-refractivity contribution in [2.75, 3.05) is 0 Å². The highest BCUT2D eigenvalue weighted by Gasteiger charge is 2.53. The molecule has 1 fully saturated rings. The van der Waals surface area contributed by atoms with E-state index in [1.54, 1.807) is 13.0 Å². The van der Waals surface area contributed by atoms with Gasteiger partial charge in [0, 0.05) is 6.07 Å². The molecule has 1 unspecified atom stereocenters. The summed E-state index contributed by atoms with van der Waals surface area (Å²) in [6.45, 7) is 1.91. The maximum absolute atomic E-state index is 13.0. The fourth-order valence-electron chi connectivity index (χ4n) is 3.60. The summed E-state index contributed by atoms with van der Waals surface area (Å²) in [5.74, 6) is 0.302. The van der Waals surface area contributed by atoms with Crippen molar-refractivity contribution in [1.29, 1.82) is 0 Å².